The van der Waals surface area contributed by atoms with Crippen LogP contribution in [-0.4, -0.2) is 47.8 Å². The fraction of sp³-hybridized carbons (Fsp3) is 0.207. The summed E-state index contributed by atoms with van der Waals surface area (Å²) in [7, 11) is 0. The first kappa shape index (κ1) is 23.2. The molecule has 0 spiro atoms. The van der Waals surface area contributed by atoms with E-state index < -0.39 is 46.4 Å². The molecule has 4 aliphatic rings. The highest BCUT2D eigenvalue weighted by atomic mass is 16.6. The van der Waals surface area contributed by atoms with E-state index in [9.17, 15) is 24.5 Å². The molecule has 7 rings (SSSR count). The van der Waals surface area contributed by atoms with Gasteiger partial charge in [-0.1, -0.05) is 42.5 Å². The first-order chi connectivity index (χ1) is 18.9. The third-order valence-corrected chi connectivity index (χ3v) is 7.81. The molecule has 2 fully saturated rings. The van der Waals surface area contributed by atoms with Crippen molar-refractivity contribution in [1.82, 2.24) is 0 Å². The predicted molar refractivity (Wildman–Crippen MR) is 140 cm³/mol. The lowest BCUT2D eigenvalue weighted by Gasteiger charge is -2.36. The lowest BCUT2D eigenvalue weighted by molar-refractivity contribution is -0.384. The van der Waals surface area contributed by atoms with Crippen molar-refractivity contribution in [3.05, 3.63) is 94.0 Å². The van der Waals surface area contributed by atoms with Gasteiger partial charge in [-0.2, -0.15) is 0 Å². The first-order valence-corrected chi connectivity index (χ1v) is 12.6. The van der Waals surface area contributed by atoms with Gasteiger partial charge >= 0.3 is 0 Å². The van der Waals surface area contributed by atoms with Crippen molar-refractivity contribution in [3.63, 3.8) is 0 Å². The zero-order chi connectivity index (χ0) is 26.8. The summed E-state index contributed by atoms with van der Waals surface area (Å²) in [6, 6.07) is 16.3. The number of hydrogen-bond donors (Lipinski definition) is 0. The van der Waals surface area contributed by atoms with Gasteiger partial charge in [-0.3, -0.25) is 24.5 Å². The van der Waals surface area contributed by atoms with Crippen molar-refractivity contribution in [1.29, 1.82) is 0 Å². The number of ketones is 1. The summed E-state index contributed by atoms with van der Waals surface area (Å²) in [5.41, 5.74) is 1.82. The average Bonchev–Trinajstić information content (AvgIpc) is 3.44. The van der Waals surface area contributed by atoms with E-state index in [1.165, 1.54) is 24.3 Å². The van der Waals surface area contributed by atoms with Crippen LogP contribution in [0.2, 0.25) is 0 Å². The number of nitro benzene ring substituents is 1. The second kappa shape index (κ2) is 8.52. The van der Waals surface area contributed by atoms with Crippen LogP contribution >= 0.6 is 0 Å². The Bertz CT molecular complexity index is 1620. The molecule has 0 unspecified atom stereocenters. The van der Waals surface area contributed by atoms with Crippen LogP contribution in [0.5, 0.6) is 11.5 Å². The Kier molecular flexibility index (Phi) is 5.06. The molecule has 0 N–H and O–H groups in total. The van der Waals surface area contributed by atoms with Gasteiger partial charge in [-0.25, -0.2) is 4.90 Å². The number of amides is 2. The number of nitro groups is 1. The molecule has 0 aromatic heterocycles. The number of Topliss-reactive ketones (excluding diaryl/α,β-unsaturated/α-hetero) is 1. The van der Waals surface area contributed by atoms with Crippen LogP contribution < -0.4 is 19.3 Å². The minimum atomic E-state index is -1.04. The number of hydrogen-bond acceptors (Lipinski definition) is 8. The van der Waals surface area contributed by atoms with Crippen LogP contribution in [0.1, 0.15) is 15.9 Å². The molecule has 0 aliphatic carbocycles. The zero-order valence-corrected chi connectivity index (χ0v) is 20.4. The highest BCUT2D eigenvalue weighted by Crippen LogP contribution is 2.50. The summed E-state index contributed by atoms with van der Waals surface area (Å²) >= 11 is 0. The van der Waals surface area contributed by atoms with Crippen LogP contribution in [0.3, 0.4) is 0 Å². The minimum Gasteiger partial charge on any atom is -0.486 e. The monoisotopic (exact) mass is 523 g/mol. The molecule has 0 bridgehead atoms. The molecular formula is C29H21N3O7. The maximum atomic E-state index is 14.1. The van der Waals surface area contributed by atoms with Gasteiger partial charge in [-0.15, -0.1) is 0 Å². The van der Waals surface area contributed by atoms with Gasteiger partial charge < -0.3 is 14.4 Å². The molecule has 4 atom stereocenters. The van der Waals surface area contributed by atoms with Gasteiger partial charge in [0.2, 0.25) is 11.8 Å². The number of carbonyl (C=O) groups is 3. The third-order valence-electron chi connectivity index (χ3n) is 7.81. The average molecular weight is 524 g/mol. The Balaban J connectivity index is 1.34. The summed E-state index contributed by atoms with van der Waals surface area (Å²) in [6.07, 6.45) is 3.76. The third kappa shape index (κ3) is 3.37. The quantitative estimate of drug-likeness (QED) is 0.220. The molecule has 4 heterocycles. The second-order valence-electron chi connectivity index (χ2n) is 9.82. The molecule has 194 valence electrons. The van der Waals surface area contributed by atoms with Crippen molar-refractivity contribution in [2.45, 2.75) is 12.1 Å². The van der Waals surface area contributed by atoms with Gasteiger partial charge in [0, 0.05) is 29.4 Å². The highest BCUT2D eigenvalue weighted by Gasteiger charge is 2.64. The number of nitrogens with zero attached hydrogens (tertiary/aromatic N) is 3. The number of carbonyl (C=O) groups excluding carboxylic acids is 3. The molecule has 0 radical (unpaired) electrons. The van der Waals surface area contributed by atoms with E-state index in [1.54, 1.807) is 18.2 Å². The number of fused-ring (bicyclic) bond motifs is 6. The minimum absolute atomic E-state index is 0.110. The van der Waals surface area contributed by atoms with Gasteiger partial charge in [-0.05, 0) is 23.8 Å². The number of ether oxygens (including phenoxy) is 2. The fourth-order valence-electron chi connectivity index (χ4n) is 6.18. The smallest absolute Gasteiger partial charge is 0.270 e. The second-order valence-corrected chi connectivity index (χ2v) is 9.82. The van der Waals surface area contributed by atoms with Crippen LogP contribution in [0.4, 0.5) is 17.1 Å². The topological polar surface area (TPSA) is 119 Å². The van der Waals surface area contributed by atoms with E-state index in [4.69, 9.17) is 9.47 Å². The molecule has 2 amide bonds. The Hall–Kier alpha value is -4.99. The summed E-state index contributed by atoms with van der Waals surface area (Å²) in [5.74, 6) is -2.19. The van der Waals surface area contributed by atoms with Crippen molar-refractivity contribution in [2.75, 3.05) is 23.0 Å². The van der Waals surface area contributed by atoms with Gasteiger partial charge in [0.05, 0.1) is 28.5 Å². The van der Waals surface area contributed by atoms with Crippen molar-refractivity contribution in [3.8, 4) is 11.5 Å². The highest BCUT2D eigenvalue weighted by molar-refractivity contribution is 6.25. The van der Waals surface area contributed by atoms with E-state index >= 15 is 0 Å². The van der Waals surface area contributed by atoms with Crippen molar-refractivity contribution < 1.29 is 28.8 Å². The molecule has 10 nitrogen and oxygen atoms in total. The molecule has 3 aromatic rings. The van der Waals surface area contributed by atoms with Gasteiger partial charge in [0.1, 0.15) is 19.3 Å². The summed E-state index contributed by atoms with van der Waals surface area (Å²) in [4.78, 5) is 55.9. The first-order valence-electron chi connectivity index (χ1n) is 12.6. The summed E-state index contributed by atoms with van der Waals surface area (Å²) < 4.78 is 11.2. The van der Waals surface area contributed by atoms with Crippen LogP contribution in [0.15, 0.2) is 72.8 Å². The maximum absolute atomic E-state index is 14.1. The van der Waals surface area contributed by atoms with Crippen LogP contribution in [0, 0.1) is 22.0 Å². The Morgan fingerprint density at radius 2 is 1.67 bits per heavy atom. The fourth-order valence-corrected chi connectivity index (χ4v) is 6.18. The number of rotatable bonds is 4. The Morgan fingerprint density at radius 3 is 2.49 bits per heavy atom. The molecule has 10 heteroatoms. The lowest BCUT2D eigenvalue weighted by Crippen LogP contribution is -2.48. The molecule has 0 saturated carbocycles. The SMILES string of the molecule is O=C(c1cccc([N+](=O)[O-])c1)[C@@H]1[C@@H]2C(=O)N(c3ccc4c(c3)OCCO4)C(=O)[C@H]2[C@H]2C=Cc3ccccc3N21. The Morgan fingerprint density at radius 1 is 0.897 bits per heavy atom. The molecular weight excluding hydrogens is 502 g/mol. The number of anilines is 2. The van der Waals surface area contributed by atoms with Crippen molar-refractivity contribution >= 4 is 40.7 Å². The number of para-hydroxylation sites is 1. The largest absolute Gasteiger partial charge is 0.486 e. The van der Waals surface area contributed by atoms with E-state index in [0.717, 1.165) is 16.2 Å². The summed E-state index contributed by atoms with van der Waals surface area (Å²) in [6.45, 7) is 0.759. The zero-order valence-electron chi connectivity index (χ0n) is 20.4. The van der Waals surface area contributed by atoms with Crippen LogP contribution in [-0.2, 0) is 9.59 Å². The number of benzene rings is 3. The van der Waals surface area contributed by atoms with Gasteiger partial charge in [0.15, 0.2) is 17.3 Å². The molecule has 39 heavy (non-hydrogen) atoms. The summed E-state index contributed by atoms with van der Waals surface area (Å²) in [5, 5.41) is 11.4. The predicted octanol–water partition coefficient (Wildman–Crippen LogP) is 3.64. The van der Waals surface area contributed by atoms with E-state index in [1.807, 2.05) is 41.3 Å². The van der Waals surface area contributed by atoms with Crippen molar-refractivity contribution in [2.24, 2.45) is 11.8 Å². The van der Waals surface area contributed by atoms with Gasteiger partial charge in [0.25, 0.3) is 5.69 Å². The van der Waals surface area contributed by atoms with E-state index in [-0.39, 0.29) is 11.3 Å². The lowest BCUT2D eigenvalue weighted by atomic mass is 9.86. The number of non-ortho nitro benzene ring substituents is 1. The standard InChI is InChI=1S/C29H21N3O7/c33-27(17-5-3-6-19(14-17)32(36)37)26-25-24(21-10-8-16-4-1-2-7-20(16)31(21)26)28(34)30(29(25)35)18-9-11-22-23(15-18)39-13-12-38-22/h1-11,14-15,21,24-26H,12-13H2/t21-,24+,25-,26+/m1/s1. The molecule has 4 aliphatic heterocycles. The molecule has 3 aromatic carbocycles. The molecule has 2 saturated heterocycles. The van der Waals surface area contributed by atoms with Crippen LogP contribution in [0.25, 0.3) is 6.08 Å². The van der Waals surface area contributed by atoms with E-state index in [0.29, 0.717) is 30.4 Å². The number of imide groups is 1. The normalized spacial score (nSPS) is 24.3. The maximum Gasteiger partial charge on any atom is 0.270 e. The Labute approximate surface area is 222 Å². The van der Waals surface area contributed by atoms with E-state index in [2.05, 4.69) is 0 Å².